The van der Waals surface area contributed by atoms with E-state index < -0.39 is 0 Å². The third-order valence-electron chi connectivity index (χ3n) is 5.01. The summed E-state index contributed by atoms with van der Waals surface area (Å²) in [6.45, 7) is 3.01. The van der Waals surface area contributed by atoms with Crippen LogP contribution >= 0.6 is 11.3 Å². The van der Waals surface area contributed by atoms with E-state index in [1.165, 1.54) is 22.4 Å². The number of fused-ring (bicyclic) bond motifs is 3. The standard InChI is InChI=1S/C18H17FN4O2S/c19-14-7-12-15(8-16(14)22-2-4-25-5-3-22)20-9-13-17(12)21-23(18(13)24)11-1-6-26-10-11/h1,6-8,10,13,20H,2-5,9H2. The van der Waals surface area contributed by atoms with Crippen LogP contribution in [0.1, 0.15) is 5.56 Å². The van der Waals surface area contributed by atoms with Crippen LogP contribution in [0.2, 0.25) is 0 Å². The van der Waals surface area contributed by atoms with Crippen LogP contribution in [0, 0.1) is 11.7 Å². The van der Waals surface area contributed by atoms with Crippen molar-refractivity contribution < 1.29 is 13.9 Å². The Bertz CT molecular complexity index is 893. The topological polar surface area (TPSA) is 57.2 Å². The number of benzene rings is 1. The zero-order valence-corrected chi connectivity index (χ0v) is 14.8. The van der Waals surface area contributed by atoms with Gasteiger partial charge in [0, 0.05) is 36.3 Å². The molecule has 6 nitrogen and oxygen atoms in total. The Hall–Kier alpha value is -2.45. The van der Waals surface area contributed by atoms with E-state index in [-0.39, 0.29) is 17.6 Å². The van der Waals surface area contributed by atoms with E-state index in [1.54, 1.807) is 0 Å². The molecule has 0 saturated carbocycles. The molecule has 1 aromatic heterocycles. The van der Waals surface area contributed by atoms with Gasteiger partial charge in [-0.1, -0.05) is 0 Å². The molecule has 1 saturated heterocycles. The Labute approximate surface area is 153 Å². The van der Waals surface area contributed by atoms with Crippen LogP contribution < -0.4 is 15.2 Å². The van der Waals surface area contributed by atoms with Gasteiger partial charge in [0.25, 0.3) is 5.91 Å². The fraction of sp³-hybridized carbons (Fsp3) is 0.333. The predicted molar refractivity (Wildman–Crippen MR) is 99.8 cm³/mol. The van der Waals surface area contributed by atoms with Gasteiger partial charge in [-0.05, 0) is 23.6 Å². The molecule has 0 spiro atoms. The van der Waals surface area contributed by atoms with Gasteiger partial charge in [-0.15, -0.1) is 0 Å². The Morgan fingerprint density at radius 1 is 1.31 bits per heavy atom. The van der Waals surface area contributed by atoms with E-state index in [2.05, 4.69) is 10.4 Å². The molecule has 3 aliphatic rings. The smallest absolute Gasteiger partial charge is 0.258 e. The molecule has 26 heavy (non-hydrogen) atoms. The van der Waals surface area contributed by atoms with E-state index >= 15 is 0 Å². The minimum Gasteiger partial charge on any atom is -0.383 e. The largest absolute Gasteiger partial charge is 0.383 e. The third-order valence-corrected chi connectivity index (χ3v) is 5.68. The lowest BCUT2D eigenvalue weighted by atomic mass is 9.91. The predicted octanol–water partition coefficient (Wildman–Crippen LogP) is 2.52. The summed E-state index contributed by atoms with van der Waals surface area (Å²) in [7, 11) is 0. The van der Waals surface area contributed by atoms with E-state index in [1.807, 2.05) is 27.8 Å². The second-order valence-corrected chi connectivity index (χ2v) is 7.28. The first kappa shape index (κ1) is 15.8. The lowest BCUT2D eigenvalue weighted by molar-refractivity contribution is -0.119. The summed E-state index contributed by atoms with van der Waals surface area (Å²) in [6.07, 6.45) is 0. The maximum absolute atomic E-state index is 14.8. The first-order chi connectivity index (χ1) is 12.7. The van der Waals surface area contributed by atoms with E-state index in [4.69, 9.17) is 4.74 Å². The number of hydrogen-bond donors (Lipinski definition) is 1. The Balaban J connectivity index is 1.54. The molecular formula is C18H17FN4O2S. The van der Waals surface area contributed by atoms with Gasteiger partial charge in [0.15, 0.2) is 0 Å². The number of nitrogens with one attached hydrogen (secondary N) is 1. The SMILES string of the molecule is O=C1C2CNc3cc(N4CCOCC4)c(F)cc3C2=NN1c1ccsc1. The van der Waals surface area contributed by atoms with Crippen LogP contribution in [0.25, 0.3) is 0 Å². The van der Waals surface area contributed by atoms with Crippen molar-refractivity contribution in [3.63, 3.8) is 0 Å². The second-order valence-electron chi connectivity index (χ2n) is 6.50. The summed E-state index contributed by atoms with van der Waals surface area (Å²) in [5.41, 5.74) is 3.46. The third kappa shape index (κ3) is 2.40. The number of morpholine rings is 1. The molecule has 5 rings (SSSR count). The minimum atomic E-state index is -0.379. The number of carbonyl (C=O) groups excluding carboxylic acids is 1. The maximum atomic E-state index is 14.8. The molecule has 0 bridgehead atoms. The van der Waals surface area contributed by atoms with E-state index in [0.717, 1.165) is 11.4 Å². The number of carbonyl (C=O) groups is 1. The molecule has 2 aromatic rings. The van der Waals surface area contributed by atoms with Gasteiger partial charge in [-0.25, -0.2) is 4.39 Å². The molecule has 1 N–H and O–H groups in total. The Kier molecular flexibility index (Phi) is 3.68. The zero-order valence-electron chi connectivity index (χ0n) is 13.9. The summed E-state index contributed by atoms with van der Waals surface area (Å²) >= 11 is 1.51. The highest BCUT2D eigenvalue weighted by Gasteiger charge is 2.41. The number of thiophene rings is 1. The number of rotatable bonds is 2. The molecule has 1 atom stereocenters. The van der Waals surface area contributed by atoms with E-state index in [0.29, 0.717) is 49.8 Å². The van der Waals surface area contributed by atoms with Crippen molar-refractivity contribution in [2.45, 2.75) is 0 Å². The van der Waals surface area contributed by atoms with Crippen molar-refractivity contribution in [3.8, 4) is 0 Å². The summed E-state index contributed by atoms with van der Waals surface area (Å²) in [6, 6.07) is 5.19. The van der Waals surface area contributed by atoms with Crippen molar-refractivity contribution in [1.29, 1.82) is 0 Å². The molecule has 4 heterocycles. The number of halogens is 1. The summed E-state index contributed by atoms with van der Waals surface area (Å²) in [4.78, 5) is 14.7. The highest BCUT2D eigenvalue weighted by atomic mass is 32.1. The van der Waals surface area contributed by atoms with E-state index in [9.17, 15) is 9.18 Å². The Morgan fingerprint density at radius 2 is 2.15 bits per heavy atom. The van der Waals surface area contributed by atoms with Crippen LogP contribution in [0.4, 0.5) is 21.5 Å². The molecule has 1 fully saturated rings. The fourth-order valence-electron chi connectivity index (χ4n) is 3.66. The normalized spacial score (nSPS) is 22.0. The highest BCUT2D eigenvalue weighted by Crippen LogP contribution is 2.37. The van der Waals surface area contributed by atoms with Crippen LogP contribution in [0.5, 0.6) is 0 Å². The van der Waals surface area contributed by atoms with Gasteiger partial charge in [-0.3, -0.25) is 4.79 Å². The molecule has 3 aliphatic heterocycles. The molecule has 1 aromatic carbocycles. The quantitative estimate of drug-likeness (QED) is 0.880. The average Bonchev–Trinajstić information content (AvgIpc) is 3.30. The maximum Gasteiger partial charge on any atom is 0.258 e. The summed E-state index contributed by atoms with van der Waals surface area (Å²) < 4.78 is 20.2. The van der Waals surface area contributed by atoms with Gasteiger partial charge in [-0.2, -0.15) is 21.4 Å². The number of amides is 1. The van der Waals surface area contributed by atoms with Gasteiger partial charge in [0.05, 0.1) is 30.3 Å². The van der Waals surface area contributed by atoms with Gasteiger partial charge in [0.2, 0.25) is 0 Å². The van der Waals surface area contributed by atoms with Crippen molar-refractivity contribution in [3.05, 3.63) is 40.3 Å². The van der Waals surface area contributed by atoms with Crippen molar-refractivity contribution >= 4 is 40.0 Å². The first-order valence-corrected chi connectivity index (χ1v) is 9.52. The highest BCUT2D eigenvalue weighted by molar-refractivity contribution is 7.08. The number of nitrogens with zero attached hydrogens (tertiary/aromatic N) is 3. The van der Waals surface area contributed by atoms with Gasteiger partial charge in [0.1, 0.15) is 11.7 Å². The lowest BCUT2D eigenvalue weighted by Gasteiger charge is -2.31. The number of hydrogen-bond acceptors (Lipinski definition) is 6. The molecule has 0 radical (unpaired) electrons. The zero-order chi connectivity index (χ0) is 17.7. The number of hydrazone groups is 1. The molecule has 8 heteroatoms. The molecule has 134 valence electrons. The summed E-state index contributed by atoms with van der Waals surface area (Å²) in [5, 5.41) is 13.0. The van der Waals surface area contributed by atoms with Crippen LogP contribution in [-0.2, 0) is 9.53 Å². The molecule has 0 aliphatic carbocycles. The molecular weight excluding hydrogens is 355 g/mol. The first-order valence-electron chi connectivity index (χ1n) is 8.57. The van der Waals surface area contributed by atoms with Crippen molar-refractivity contribution in [1.82, 2.24) is 0 Å². The van der Waals surface area contributed by atoms with Crippen LogP contribution in [0.3, 0.4) is 0 Å². The molecule has 1 unspecified atom stereocenters. The second kappa shape index (κ2) is 6.07. The van der Waals surface area contributed by atoms with Gasteiger partial charge >= 0.3 is 0 Å². The van der Waals surface area contributed by atoms with Crippen LogP contribution in [-0.4, -0.2) is 44.5 Å². The van der Waals surface area contributed by atoms with Crippen molar-refractivity contribution in [2.75, 3.05) is 48.1 Å². The van der Waals surface area contributed by atoms with Crippen LogP contribution in [0.15, 0.2) is 34.1 Å². The lowest BCUT2D eigenvalue weighted by Crippen LogP contribution is -2.38. The monoisotopic (exact) mass is 372 g/mol. The van der Waals surface area contributed by atoms with Gasteiger partial charge < -0.3 is 15.0 Å². The summed E-state index contributed by atoms with van der Waals surface area (Å²) in [5.74, 6) is -0.748. The fourth-order valence-corrected chi connectivity index (χ4v) is 4.27. The average molecular weight is 372 g/mol. The number of ether oxygens (including phenoxy) is 1. The Morgan fingerprint density at radius 3 is 2.92 bits per heavy atom. The molecule has 1 amide bonds. The van der Waals surface area contributed by atoms with Crippen molar-refractivity contribution in [2.24, 2.45) is 11.0 Å². The minimum absolute atomic E-state index is 0.0748. The number of anilines is 3.